The summed E-state index contributed by atoms with van der Waals surface area (Å²) in [4.78, 5) is 12.5. The number of hydrogen-bond acceptors (Lipinski definition) is 5. The van der Waals surface area contributed by atoms with Gasteiger partial charge in [-0.05, 0) is 54.6 Å². The van der Waals surface area contributed by atoms with E-state index < -0.39 is 5.82 Å². The molecule has 33 heavy (non-hydrogen) atoms. The summed E-state index contributed by atoms with van der Waals surface area (Å²) in [5.41, 5.74) is 1.48. The SMILES string of the molecule is COc1ccc(-n2c(SCC(=O)Nc3cc(Cl)cc(Cl)c3)nnc2-c2ccccc2F)cc1. The summed E-state index contributed by atoms with van der Waals surface area (Å²) >= 11 is 13.1. The third kappa shape index (κ3) is 5.47. The number of benzene rings is 3. The van der Waals surface area contributed by atoms with E-state index in [1.165, 1.54) is 17.8 Å². The van der Waals surface area contributed by atoms with Crippen LogP contribution in [0.25, 0.3) is 17.1 Å². The molecule has 0 unspecified atom stereocenters. The molecule has 4 aromatic rings. The Morgan fingerprint density at radius 1 is 1.06 bits per heavy atom. The van der Waals surface area contributed by atoms with Crippen molar-refractivity contribution in [2.75, 3.05) is 18.2 Å². The van der Waals surface area contributed by atoms with Crippen molar-refractivity contribution in [3.8, 4) is 22.8 Å². The van der Waals surface area contributed by atoms with Crippen LogP contribution in [-0.2, 0) is 4.79 Å². The largest absolute Gasteiger partial charge is 0.497 e. The smallest absolute Gasteiger partial charge is 0.234 e. The van der Waals surface area contributed by atoms with E-state index in [-0.39, 0.29) is 11.7 Å². The number of methoxy groups -OCH3 is 1. The van der Waals surface area contributed by atoms with Gasteiger partial charge in [0.15, 0.2) is 11.0 Å². The van der Waals surface area contributed by atoms with Gasteiger partial charge in [-0.1, -0.05) is 47.1 Å². The summed E-state index contributed by atoms with van der Waals surface area (Å²) in [6.45, 7) is 0. The molecule has 0 aliphatic heterocycles. The predicted molar refractivity (Wildman–Crippen MR) is 129 cm³/mol. The van der Waals surface area contributed by atoms with Crippen molar-refractivity contribution < 1.29 is 13.9 Å². The number of rotatable bonds is 7. The van der Waals surface area contributed by atoms with Gasteiger partial charge in [0.1, 0.15) is 11.6 Å². The molecule has 0 saturated carbocycles. The minimum atomic E-state index is -0.424. The fraction of sp³-hybridized carbons (Fsp3) is 0.0870. The first-order chi connectivity index (χ1) is 15.9. The second-order valence-corrected chi connectivity index (χ2v) is 8.63. The Kier molecular flexibility index (Phi) is 7.17. The summed E-state index contributed by atoms with van der Waals surface area (Å²) in [7, 11) is 1.57. The van der Waals surface area contributed by atoms with Crippen molar-refractivity contribution in [3.63, 3.8) is 0 Å². The third-order valence-corrected chi connectivity index (χ3v) is 5.92. The maximum atomic E-state index is 14.5. The molecule has 0 bridgehead atoms. The first kappa shape index (κ1) is 23.1. The Morgan fingerprint density at radius 3 is 2.42 bits per heavy atom. The highest BCUT2D eigenvalue weighted by molar-refractivity contribution is 7.99. The Balaban J connectivity index is 1.62. The molecule has 0 aliphatic rings. The molecule has 168 valence electrons. The van der Waals surface area contributed by atoms with Gasteiger partial charge in [-0.2, -0.15) is 0 Å². The van der Waals surface area contributed by atoms with Gasteiger partial charge in [0.05, 0.1) is 24.1 Å². The molecule has 3 aromatic carbocycles. The number of nitrogens with zero attached hydrogens (tertiary/aromatic N) is 3. The average Bonchev–Trinajstić information content (AvgIpc) is 3.21. The lowest BCUT2D eigenvalue weighted by atomic mass is 10.2. The van der Waals surface area contributed by atoms with E-state index in [1.54, 1.807) is 60.2 Å². The summed E-state index contributed by atoms with van der Waals surface area (Å²) < 4.78 is 21.5. The van der Waals surface area contributed by atoms with Crippen LogP contribution < -0.4 is 10.1 Å². The molecule has 0 spiro atoms. The van der Waals surface area contributed by atoms with Crippen molar-refractivity contribution in [1.29, 1.82) is 0 Å². The lowest BCUT2D eigenvalue weighted by Crippen LogP contribution is -2.14. The van der Waals surface area contributed by atoms with Crippen molar-refractivity contribution in [2.45, 2.75) is 5.16 Å². The zero-order valence-corrected chi connectivity index (χ0v) is 19.6. The molecule has 0 aliphatic carbocycles. The summed E-state index contributed by atoms with van der Waals surface area (Å²) in [5, 5.41) is 12.4. The van der Waals surface area contributed by atoms with Crippen molar-refractivity contribution in [2.24, 2.45) is 0 Å². The fourth-order valence-electron chi connectivity index (χ4n) is 3.10. The van der Waals surface area contributed by atoms with Crippen LogP contribution >= 0.6 is 35.0 Å². The standard InChI is InChI=1S/C23H17Cl2FN4O2S/c1-32-18-8-6-17(7-9-18)30-22(19-4-2-3-5-20(19)26)28-29-23(30)33-13-21(31)27-16-11-14(24)10-15(25)12-16/h2-12H,13H2,1H3,(H,27,31). The first-order valence-corrected chi connectivity index (χ1v) is 11.4. The number of carbonyl (C=O) groups is 1. The van der Waals surface area contributed by atoms with Crippen LogP contribution in [0, 0.1) is 5.82 Å². The minimum Gasteiger partial charge on any atom is -0.497 e. The number of aromatic nitrogens is 3. The number of ether oxygens (including phenoxy) is 1. The van der Waals surface area contributed by atoms with Crippen LogP contribution in [0.2, 0.25) is 10.0 Å². The van der Waals surface area contributed by atoms with Crippen LogP contribution in [0.1, 0.15) is 0 Å². The molecule has 1 N–H and O–H groups in total. The van der Waals surface area contributed by atoms with E-state index in [9.17, 15) is 9.18 Å². The molecule has 0 radical (unpaired) electrons. The monoisotopic (exact) mass is 502 g/mol. The third-order valence-electron chi connectivity index (χ3n) is 4.56. The summed E-state index contributed by atoms with van der Waals surface area (Å²) in [6.07, 6.45) is 0. The topological polar surface area (TPSA) is 69.0 Å². The molecular formula is C23H17Cl2FN4O2S. The van der Waals surface area contributed by atoms with E-state index in [1.807, 2.05) is 12.1 Å². The van der Waals surface area contributed by atoms with Gasteiger partial charge >= 0.3 is 0 Å². The molecule has 0 saturated heterocycles. The quantitative estimate of drug-likeness (QED) is 0.308. The number of nitrogens with one attached hydrogen (secondary N) is 1. The second kappa shape index (κ2) is 10.2. The highest BCUT2D eigenvalue weighted by Gasteiger charge is 2.19. The number of carbonyl (C=O) groups excluding carboxylic acids is 1. The van der Waals surface area contributed by atoms with Crippen LogP contribution in [0.3, 0.4) is 0 Å². The Hall–Kier alpha value is -3.07. The molecule has 1 heterocycles. The predicted octanol–water partition coefficient (Wildman–Crippen LogP) is 6.12. The van der Waals surface area contributed by atoms with Gasteiger partial charge in [0.25, 0.3) is 0 Å². The molecule has 4 rings (SSSR count). The number of hydrogen-bond donors (Lipinski definition) is 1. The fourth-order valence-corrected chi connectivity index (χ4v) is 4.38. The molecule has 0 atom stereocenters. The molecular weight excluding hydrogens is 486 g/mol. The molecule has 1 aromatic heterocycles. The lowest BCUT2D eigenvalue weighted by Gasteiger charge is -2.12. The zero-order chi connectivity index (χ0) is 23.4. The minimum absolute atomic E-state index is 0.0374. The number of anilines is 1. The van der Waals surface area contributed by atoms with Crippen molar-refractivity contribution in [1.82, 2.24) is 14.8 Å². The van der Waals surface area contributed by atoms with Crippen LogP contribution in [-0.4, -0.2) is 33.5 Å². The Morgan fingerprint density at radius 2 is 1.76 bits per heavy atom. The van der Waals surface area contributed by atoms with Crippen LogP contribution in [0.4, 0.5) is 10.1 Å². The van der Waals surface area contributed by atoms with Gasteiger partial charge in [-0.25, -0.2) is 4.39 Å². The molecule has 6 nitrogen and oxygen atoms in total. The number of thioether (sulfide) groups is 1. The van der Waals surface area contributed by atoms with Gasteiger partial charge in [-0.15, -0.1) is 10.2 Å². The highest BCUT2D eigenvalue weighted by atomic mass is 35.5. The first-order valence-electron chi connectivity index (χ1n) is 9.68. The molecule has 1 amide bonds. The van der Waals surface area contributed by atoms with E-state index in [2.05, 4.69) is 15.5 Å². The van der Waals surface area contributed by atoms with E-state index in [0.717, 1.165) is 0 Å². The van der Waals surface area contributed by atoms with Gasteiger partial charge < -0.3 is 10.1 Å². The van der Waals surface area contributed by atoms with Gasteiger partial charge in [0, 0.05) is 15.7 Å². The summed E-state index contributed by atoms with van der Waals surface area (Å²) in [5.74, 6) is 0.327. The maximum absolute atomic E-state index is 14.5. The Labute approximate surface area is 203 Å². The van der Waals surface area contributed by atoms with Crippen molar-refractivity contribution in [3.05, 3.63) is 82.6 Å². The van der Waals surface area contributed by atoms with Gasteiger partial charge in [0.2, 0.25) is 5.91 Å². The number of amides is 1. The van der Waals surface area contributed by atoms with E-state index in [4.69, 9.17) is 27.9 Å². The molecule has 0 fully saturated rings. The highest BCUT2D eigenvalue weighted by Crippen LogP contribution is 2.30. The van der Waals surface area contributed by atoms with Crippen LogP contribution in [0.15, 0.2) is 71.9 Å². The van der Waals surface area contributed by atoms with E-state index in [0.29, 0.717) is 43.7 Å². The molecule has 10 heteroatoms. The van der Waals surface area contributed by atoms with E-state index >= 15 is 0 Å². The Bertz CT molecular complexity index is 1280. The lowest BCUT2D eigenvalue weighted by molar-refractivity contribution is -0.113. The normalized spacial score (nSPS) is 10.8. The van der Waals surface area contributed by atoms with Gasteiger partial charge in [-0.3, -0.25) is 9.36 Å². The zero-order valence-electron chi connectivity index (χ0n) is 17.3. The van der Waals surface area contributed by atoms with Crippen molar-refractivity contribution >= 4 is 46.6 Å². The second-order valence-electron chi connectivity index (χ2n) is 6.81. The average molecular weight is 503 g/mol. The maximum Gasteiger partial charge on any atom is 0.234 e. The van der Waals surface area contributed by atoms with Crippen LogP contribution in [0.5, 0.6) is 5.75 Å². The summed E-state index contributed by atoms with van der Waals surface area (Å²) in [6, 6.07) is 18.3. The number of halogens is 3.